The molecule has 12 heteroatoms. The Labute approximate surface area is 157 Å². The molecule has 8 nitrogen and oxygen atoms in total. The third-order valence-corrected chi connectivity index (χ3v) is 3.81. The molecule has 28 heavy (non-hydrogen) atoms. The number of ether oxygens (including phenoxy) is 3. The fraction of sp³-hybridized carbons (Fsp3) is 0.375. The Morgan fingerprint density at radius 1 is 1.21 bits per heavy atom. The van der Waals surface area contributed by atoms with Gasteiger partial charge in [-0.3, -0.25) is 9.56 Å². The second-order valence-electron chi connectivity index (χ2n) is 5.50. The van der Waals surface area contributed by atoms with Crippen LogP contribution in [0.25, 0.3) is 0 Å². The molecule has 0 bridgehead atoms. The first kappa shape index (κ1) is 19.6. The largest absolute Gasteiger partial charge is 0.454 e. The number of nitrogens with zero attached hydrogens (tertiary/aromatic N) is 3. The molecular weight excluding hydrogens is 386 g/mol. The maximum absolute atomic E-state index is 12.8. The summed E-state index contributed by atoms with van der Waals surface area (Å²) in [5.74, 6) is 1.00. The summed E-state index contributed by atoms with van der Waals surface area (Å²) in [6.45, 7) is -5.69. The maximum Gasteiger partial charge on any atom is 0.387 e. The van der Waals surface area contributed by atoms with Crippen LogP contribution in [0.4, 0.5) is 17.6 Å². The molecule has 0 saturated heterocycles. The molecule has 0 unspecified atom stereocenters. The Balaban J connectivity index is 1.65. The normalized spacial score (nSPS) is 13.3. The highest BCUT2D eigenvalue weighted by atomic mass is 19.3. The van der Waals surface area contributed by atoms with Gasteiger partial charge in [0.05, 0.1) is 6.54 Å². The summed E-state index contributed by atoms with van der Waals surface area (Å²) in [5, 5.41) is 5.72. The average molecular weight is 403 g/mol. The highest BCUT2D eigenvalue weighted by Crippen LogP contribution is 2.38. The number of aliphatic imine (C=N–C) groups is 1. The number of rotatable bonds is 7. The standard InChI is InChI=1S/C16H17F4N5O3/c1-21-16(24-7-13-22-2-3-25(13)14(17)18)23-6-9-4-11-12(27-8-26-11)5-10(9)28-15(19)20/h2-5,14-15H,6-8H2,1H3,(H2,21,23,24). The summed E-state index contributed by atoms with van der Waals surface area (Å²) in [5.41, 5.74) is 0.376. The fourth-order valence-electron chi connectivity index (χ4n) is 2.53. The van der Waals surface area contributed by atoms with E-state index in [0.29, 0.717) is 21.6 Å². The molecule has 1 aliphatic heterocycles. The minimum atomic E-state index is -3.01. The van der Waals surface area contributed by atoms with Gasteiger partial charge in [0.15, 0.2) is 17.5 Å². The van der Waals surface area contributed by atoms with Gasteiger partial charge < -0.3 is 24.8 Å². The van der Waals surface area contributed by atoms with Crippen molar-refractivity contribution in [1.29, 1.82) is 0 Å². The van der Waals surface area contributed by atoms with Gasteiger partial charge in [0.1, 0.15) is 11.6 Å². The third-order valence-electron chi connectivity index (χ3n) is 3.81. The van der Waals surface area contributed by atoms with Gasteiger partial charge in [-0.1, -0.05) is 0 Å². The zero-order chi connectivity index (χ0) is 20.1. The number of alkyl halides is 4. The Bertz CT molecular complexity index is 844. The smallest absolute Gasteiger partial charge is 0.387 e. The van der Waals surface area contributed by atoms with Crippen LogP contribution in [0.1, 0.15) is 17.9 Å². The molecule has 2 aromatic rings. The molecule has 0 amide bonds. The molecule has 2 N–H and O–H groups in total. The van der Waals surface area contributed by atoms with E-state index in [2.05, 4.69) is 25.3 Å². The highest BCUT2D eigenvalue weighted by molar-refractivity contribution is 5.79. The van der Waals surface area contributed by atoms with Crippen LogP contribution in [-0.2, 0) is 13.1 Å². The van der Waals surface area contributed by atoms with Crippen molar-refractivity contribution in [3.05, 3.63) is 35.9 Å². The Morgan fingerprint density at radius 2 is 1.93 bits per heavy atom. The van der Waals surface area contributed by atoms with Gasteiger partial charge in [0.25, 0.3) is 0 Å². The van der Waals surface area contributed by atoms with Crippen molar-refractivity contribution in [2.75, 3.05) is 13.8 Å². The topological polar surface area (TPSA) is 81.9 Å². The van der Waals surface area contributed by atoms with Crippen LogP contribution in [0.3, 0.4) is 0 Å². The Kier molecular flexibility index (Phi) is 6.06. The van der Waals surface area contributed by atoms with Crippen molar-refractivity contribution < 1.29 is 31.8 Å². The summed E-state index contributed by atoms with van der Waals surface area (Å²) in [4.78, 5) is 7.82. The number of guanidine groups is 1. The van der Waals surface area contributed by atoms with Crippen molar-refractivity contribution in [3.8, 4) is 17.2 Å². The van der Waals surface area contributed by atoms with Gasteiger partial charge >= 0.3 is 13.2 Å². The summed E-state index contributed by atoms with van der Waals surface area (Å²) in [6, 6.07) is 2.84. The van der Waals surface area contributed by atoms with Gasteiger partial charge in [-0.05, 0) is 6.07 Å². The summed E-state index contributed by atoms with van der Waals surface area (Å²) in [7, 11) is 1.48. The van der Waals surface area contributed by atoms with E-state index >= 15 is 0 Å². The predicted octanol–water partition coefficient (Wildman–Crippen LogP) is 2.47. The van der Waals surface area contributed by atoms with Crippen LogP contribution in [0.2, 0.25) is 0 Å². The lowest BCUT2D eigenvalue weighted by atomic mass is 10.1. The number of imidazole rings is 1. The monoisotopic (exact) mass is 403 g/mol. The van der Waals surface area contributed by atoms with Crippen molar-refractivity contribution in [3.63, 3.8) is 0 Å². The van der Waals surface area contributed by atoms with Crippen molar-refractivity contribution in [2.24, 2.45) is 4.99 Å². The van der Waals surface area contributed by atoms with Crippen molar-refractivity contribution in [2.45, 2.75) is 26.3 Å². The number of halogens is 4. The Morgan fingerprint density at radius 3 is 2.61 bits per heavy atom. The number of benzene rings is 1. The predicted molar refractivity (Wildman–Crippen MR) is 89.7 cm³/mol. The first-order chi connectivity index (χ1) is 13.5. The van der Waals surface area contributed by atoms with E-state index in [1.165, 1.54) is 31.6 Å². The molecular formula is C16H17F4N5O3. The van der Waals surface area contributed by atoms with Crippen molar-refractivity contribution in [1.82, 2.24) is 20.2 Å². The van der Waals surface area contributed by atoms with Gasteiger partial charge in [-0.25, -0.2) is 4.98 Å². The molecule has 0 atom stereocenters. The van der Waals surface area contributed by atoms with Gasteiger partial charge in [-0.15, -0.1) is 0 Å². The molecule has 152 valence electrons. The van der Waals surface area contributed by atoms with Crippen LogP contribution >= 0.6 is 0 Å². The minimum Gasteiger partial charge on any atom is -0.454 e. The first-order valence-corrected chi connectivity index (χ1v) is 8.09. The quantitative estimate of drug-likeness (QED) is 0.420. The lowest BCUT2D eigenvalue weighted by Crippen LogP contribution is -2.37. The van der Waals surface area contributed by atoms with E-state index < -0.39 is 13.2 Å². The van der Waals surface area contributed by atoms with E-state index in [1.54, 1.807) is 0 Å². The summed E-state index contributed by atoms with van der Waals surface area (Å²) >= 11 is 0. The van der Waals surface area contributed by atoms with Crippen molar-refractivity contribution >= 4 is 5.96 Å². The molecule has 3 rings (SSSR count). The second-order valence-corrected chi connectivity index (χ2v) is 5.50. The highest BCUT2D eigenvalue weighted by Gasteiger charge is 2.20. The zero-order valence-corrected chi connectivity index (χ0v) is 14.7. The van der Waals surface area contributed by atoms with Crippen LogP contribution in [-0.4, -0.2) is 36.0 Å². The number of nitrogens with one attached hydrogen (secondary N) is 2. The zero-order valence-electron chi connectivity index (χ0n) is 14.7. The second kappa shape index (κ2) is 8.67. The average Bonchev–Trinajstić information content (AvgIpc) is 3.30. The molecule has 2 heterocycles. The molecule has 0 fully saturated rings. The van der Waals surface area contributed by atoms with Crippen LogP contribution in [0, 0.1) is 0 Å². The van der Waals surface area contributed by atoms with E-state index in [1.807, 2.05) is 0 Å². The molecule has 0 saturated carbocycles. The molecule has 1 aliphatic rings. The third kappa shape index (κ3) is 4.56. The molecule has 1 aromatic carbocycles. The Hall–Kier alpha value is -3.18. The summed E-state index contributed by atoms with van der Waals surface area (Å²) in [6.07, 6.45) is 2.43. The van der Waals surface area contributed by atoms with E-state index in [-0.39, 0.29) is 37.4 Å². The number of hydrogen-bond acceptors (Lipinski definition) is 5. The van der Waals surface area contributed by atoms with Crippen LogP contribution in [0.15, 0.2) is 29.5 Å². The lowest BCUT2D eigenvalue weighted by molar-refractivity contribution is -0.0505. The van der Waals surface area contributed by atoms with E-state index in [4.69, 9.17) is 9.47 Å². The number of aromatic nitrogens is 2. The molecule has 0 spiro atoms. The molecule has 1 aromatic heterocycles. The van der Waals surface area contributed by atoms with E-state index in [9.17, 15) is 17.6 Å². The number of fused-ring (bicyclic) bond motifs is 1. The fourth-order valence-corrected chi connectivity index (χ4v) is 2.53. The lowest BCUT2D eigenvalue weighted by Gasteiger charge is -2.15. The minimum absolute atomic E-state index is 0.0135. The maximum atomic E-state index is 12.8. The SMILES string of the molecule is CN=C(NCc1cc2c(cc1OC(F)F)OCO2)NCc1nccn1C(F)F. The summed E-state index contributed by atoms with van der Waals surface area (Å²) < 4.78 is 66.7. The van der Waals surface area contributed by atoms with E-state index in [0.717, 1.165) is 0 Å². The first-order valence-electron chi connectivity index (χ1n) is 8.09. The molecule has 0 radical (unpaired) electrons. The van der Waals surface area contributed by atoms with Gasteiger partial charge in [0.2, 0.25) is 6.79 Å². The molecule has 0 aliphatic carbocycles. The van der Waals surface area contributed by atoms with Gasteiger partial charge in [-0.2, -0.15) is 17.6 Å². The number of hydrogen-bond donors (Lipinski definition) is 2. The van der Waals surface area contributed by atoms with Gasteiger partial charge in [0, 0.05) is 37.6 Å². The van der Waals surface area contributed by atoms with Crippen LogP contribution < -0.4 is 24.8 Å². The van der Waals surface area contributed by atoms with Crippen LogP contribution in [0.5, 0.6) is 17.2 Å².